The van der Waals surface area contributed by atoms with Crippen molar-refractivity contribution in [2.75, 3.05) is 5.73 Å². The highest BCUT2D eigenvalue weighted by molar-refractivity contribution is 5.69. The zero-order chi connectivity index (χ0) is 15.3. The van der Waals surface area contributed by atoms with E-state index in [4.69, 9.17) is 10.7 Å². The number of nitrogens with two attached hydrogens (primary N) is 1. The summed E-state index contributed by atoms with van der Waals surface area (Å²) in [5, 5.41) is 0. The Hall–Kier alpha value is -2.29. The van der Waals surface area contributed by atoms with Crippen LogP contribution in [0.1, 0.15) is 35.4 Å². The fraction of sp³-hybridized carbons (Fsp3) is 0.316. The summed E-state index contributed by atoms with van der Waals surface area (Å²) in [4.78, 5) is 4.84. The molecule has 0 spiro atoms. The molecule has 0 bridgehead atoms. The molecule has 0 fully saturated rings. The molecule has 1 aliphatic carbocycles. The van der Waals surface area contributed by atoms with Gasteiger partial charge in [0.2, 0.25) is 0 Å². The Bertz CT molecular complexity index is 874. The molecule has 3 nitrogen and oxygen atoms in total. The van der Waals surface area contributed by atoms with E-state index in [1.807, 2.05) is 19.1 Å². The Morgan fingerprint density at radius 1 is 0.955 bits per heavy atom. The van der Waals surface area contributed by atoms with Crippen molar-refractivity contribution >= 4 is 11.3 Å². The third-order valence-electron chi connectivity index (χ3n) is 4.92. The number of imidazole rings is 1. The number of hydrogen-bond donors (Lipinski definition) is 1. The minimum absolute atomic E-state index is 0.810. The van der Waals surface area contributed by atoms with Crippen molar-refractivity contribution in [1.82, 2.24) is 9.38 Å². The molecule has 112 valence electrons. The first-order chi connectivity index (χ1) is 10.6. The van der Waals surface area contributed by atoms with E-state index in [2.05, 4.69) is 29.5 Å². The lowest BCUT2D eigenvalue weighted by molar-refractivity contribution is 0.686. The summed E-state index contributed by atoms with van der Waals surface area (Å²) in [6.07, 6.45) is 5.03. The van der Waals surface area contributed by atoms with Crippen LogP contribution in [0.25, 0.3) is 16.9 Å². The van der Waals surface area contributed by atoms with Crippen molar-refractivity contribution in [3.8, 4) is 11.3 Å². The number of nitrogens with zero attached hydrogens (tertiary/aromatic N) is 2. The van der Waals surface area contributed by atoms with E-state index < -0.39 is 0 Å². The minimum atomic E-state index is 0.810. The van der Waals surface area contributed by atoms with Crippen molar-refractivity contribution in [2.24, 2.45) is 0 Å². The molecule has 4 rings (SSSR count). The molecule has 0 radical (unpaired) electrons. The zero-order valence-electron chi connectivity index (χ0n) is 13.2. The van der Waals surface area contributed by atoms with Crippen LogP contribution in [0.15, 0.2) is 30.3 Å². The van der Waals surface area contributed by atoms with E-state index in [1.54, 1.807) is 0 Å². The Morgan fingerprint density at radius 3 is 2.55 bits per heavy atom. The number of anilines is 1. The van der Waals surface area contributed by atoms with Gasteiger partial charge in [-0.1, -0.05) is 12.1 Å². The first-order valence-corrected chi connectivity index (χ1v) is 8.01. The molecule has 2 heterocycles. The third kappa shape index (κ3) is 1.92. The molecule has 0 unspecified atom stereocenters. The molecule has 22 heavy (non-hydrogen) atoms. The predicted octanol–water partition coefficient (Wildman–Crippen LogP) is 4.08. The van der Waals surface area contributed by atoms with E-state index in [9.17, 15) is 0 Å². The fourth-order valence-electron chi connectivity index (χ4n) is 3.63. The lowest BCUT2D eigenvalue weighted by Crippen LogP contribution is -2.02. The van der Waals surface area contributed by atoms with Gasteiger partial charge in [0, 0.05) is 17.0 Å². The maximum Gasteiger partial charge on any atom is 0.138 e. The van der Waals surface area contributed by atoms with Gasteiger partial charge in [-0.3, -0.25) is 4.40 Å². The minimum Gasteiger partial charge on any atom is -0.397 e. The molecule has 1 aromatic carbocycles. The van der Waals surface area contributed by atoms with Gasteiger partial charge in [-0.05, 0) is 68.9 Å². The van der Waals surface area contributed by atoms with E-state index in [0.717, 1.165) is 28.4 Å². The molecule has 0 atom stereocenters. The molecular formula is C19H21N3. The molecule has 1 aliphatic rings. The molecular weight excluding hydrogens is 270 g/mol. The average Bonchev–Trinajstić information content (AvgIpc) is 2.88. The number of fused-ring (bicyclic) bond motifs is 2. The lowest BCUT2D eigenvalue weighted by atomic mass is 9.90. The van der Waals surface area contributed by atoms with Gasteiger partial charge in [0.05, 0.1) is 11.4 Å². The van der Waals surface area contributed by atoms with Crippen LogP contribution in [0.4, 0.5) is 5.69 Å². The summed E-state index contributed by atoms with van der Waals surface area (Å²) >= 11 is 0. The summed E-state index contributed by atoms with van der Waals surface area (Å²) in [5.41, 5.74) is 15.4. The van der Waals surface area contributed by atoms with Crippen LogP contribution in [-0.4, -0.2) is 9.38 Å². The first-order valence-electron chi connectivity index (χ1n) is 8.01. The lowest BCUT2D eigenvalue weighted by Gasteiger charge is -2.16. The summed E-state index contributed by atoms with van der Waals surface area (Å²) < 4.78 is 2.16. The monoisotopic (exact) mass is 291 g/mol. The van der Waals surface area contributed by atoms with E-state index >= 15 is 0 Å². The Morgan fingerprint density at radius 2 is 1.73 bits per heavy atom. The van der Waals surface area contributed by atoms with Crippen molar-refractivity contribution in [1.29, 1.82) is 0 Å². The van der Waals surface area contributed by atoms with Crippen molar-refractivity contribution < 1.29 is 0 Å². The predicted molar refractivity (Wildman–Crippen MR) is 91.2 cm³/mol. The second-order valence-electron chi connectivity index (χ2n) is 6.30. The largest absolute Gasteiger partial charge is 0.397 e. The molecule has 3 heteroatoms. The van der Waals surface area contributed by atoms with E-state index in [-0.39, 0.29) is 0 Å². The average molecular weight is 291 g/mol. The number of pyridine rings is 1. The van der Waals surface area contributed by atoms with Crippen LogP contribution in [-0.2, 0) is 12.8 Å². The Labute approximate surface area is 130 Å². The number of nitrogen functional groups attached to an aromatic ring is 1. The number of aryl methyl sites for hydroxylation is 4. The second kappa shape index (κ2) is 4.87. The topological polar surface area (TPSA) is 43.3 Å². The van der Waals surface area contributed by atoms with Gasteiger partial charge in [-0.15, -0.1) is 0 Å². The van der Waals surface area contributed by atoms with Gasteiger partial charge in [0.25, 0.3) is 0 Å². The van der Waals surface area contributed by atoms with Gasteiger partial charge in [0.1, 0.15) is 5.65 Å². The van der Waals surface area contributed by atoms with Crippen LogP contribution in [0.2, 0.25) is 0 Å². The SMILES string of the molecule is Cc1c(N)ccc2nc(-c3ccc4c(c3)CCCC4)c(C)n12. The standard InChI is InChI=1S/C19H21N3/c1-12-17(20)9-10-18-21-19(13(2)22(12)18)16-8-7-14-5-3-4-6-15(14)11-16/h7-11H,3-6,20H2,1-2H3. The van der Waals surface area contributed by atoms with Crippen LogP contribution < -0.4 is 5.73 Å². The first kappa shape index (κ1) is 13.4. The molecule has 2 N–H and O–H groups in total. The Balaban J connectivity index is 1.91. The number of aromatic nitrogens is 2. The number of rotatable bonds is 1. The molecule has 0 saturated carbocycles. The highest BCUT2D eigenvalue weighted by atomic mass is 15.0. The summed E-state index contributed by atoms with van der Waals surface area (Å²) in [5.74, 6) is 0. The highest BCUT2D eigenvalue weighted by Crippen LogP contribution is 2.30. The van der Waals surface area contributed by atoms with Crippen LogP contribution in [0.3, 0.4) is 0 Å². The smallest absolute Gasteiger partial charge is 0.138 e. The van der Waals surface area contributed by atoms with Crippen molar-refractivity contribution in [3.63, 3.8) is 0 Å². The second-order valence-corrected chi connectivity index (χ2v) is 6.30. The Kier molecular flexibility index (Phi) is 2.96. The van der Waals surface area contributed by atoms with Crippen molar-refractivity contribution in [2.45, 2.75) is 39.5 Å². The number of hydrogen-bond acceptors (Lipinski definition) is 2. The quantitative estimate of drug-likeness (QED) is 0.734. The molecule has 3 aromatic rings. The maximum atomic E-state index is 6.05. The zero-order valence-corrected chi connectivity index (χ0v) is 13.2. The highest BCUT2D eigenvalue weighted by Gasteiger charge is 2.15. The normalized spacial score (nSPS) is 14.3. The molecule has 0 saturated heterocycles. The van der Waals surface area contributed by atoms with Gasteiger partial charge in [-0.25, -0.2) is 4.98 Å². The number of benzene rings is 1. The van der Waals surface area contributed by atoms with Crippen molar-refractivity contribution in [3.05, 3.63) is 52.8 Å². The van der Waals surface area contributed by atoms with Gasteiger partial charge < -0.3 is 5.73 Å². The van der Waals surface area contributed by atoms with Crippen LogP contribution >= 0.6 is 0 Å². The molecule has 2 aromatic heterocycles. The van der Waals surface area contributed by atoms with Crippen LogP contribution in [0, 0.1) is 13.8 Å². The molecule has 0 aliphatic heterocycles. The fourth-order valence-corrected chi connectivity index (χ4v) is 3.63. The summed E-state index contributed by atoms with van der Waals surface area (Å²) in [6.45, 7) is 4.18. The van der Waals surface area contributed by atoms with Crippen LogP contribution in [0.5, 0.6) is 0 Å². The van der Waals surface area contributed by atoms with Gasteiger partial charge in [0.15, 0.2) is 0 Å². The van der Waals surface area contributed by atoms with E-state index in [1.165, 1.54) is 42.4 Å². The van der Waals surface area contributed by atoms with E-state index in [0.29, 0.717) is 0 Å². The van der Waals surface area contributed by atoms with Gasteiger partial charge in [-0.2, -0.15) is 0 Å². The van der Waals surface area contributed by atoms with Gasteiger partial charge >= 0.3 is 0 Å². The third-order valence-corrected chi connectivity index (χ3v) is 4.92. The summed E-state index contributed by atoms with van der Waals surface area (Å²) in [7, 11) is 0. The summed E-state index contributed by atoms with van der Waals surface area (Å²) in [6, 6.07) is 10.8. The molecule has 0 amide bonds. The maximum absolute atomic E-state index is 6.05.